The first-order valence-electron chi connectivity index (χ1n) is 10.1. The fourth-order valence-corrected chi connectivity index (χ4v) is 3.36. The standard InChI is InChI=1S/C23H27ClN4O2/c1-3-30-22-11-5-4-8-19(22)16-28(14-7-13-27-15-12-25-17-27)23(29)26-21-10-6-9-20(24)18(21)2/h4-6,8-12,15,17H,3,7,13-14,16H2,1-2H3,(H,26,29). The Kier molecular flexibility index (Phi) is 7.74. The maximum Gasteiger partial charge on any atom is 0.322 e. The molecule has 1 heterocycles. The first-order chi connectivity index (χ1) is 14.6. The number of hydrogen-bond acceptors (Lipinski definition) is 3. The highest BCUT2D eigenvalue weighted by atomic mass is 35.5. The highest BCUT2D eigenvalue weighted by Crippen LogP contribution is 2.24. The summed E-state index contributed by atoms with van der Waals surface area (Å²) in [6.07, 6.45) is 6.26. The van der Waals surface area contributed by atoms with Crippen molar-refractivity contribution >= 4 is 23.3 Å². The van der Waals surface area contributed by atoms with E-state index in [4.69, 9.17) is 16.3 Å². The normalized spacial score (nSPS) is 10.6. The molecule has 0 atom stereocenters. The number of anilines is 1. The first kappa shape index (κ1) is 21.7. The van der Waals surface area contributed by atoms with Crippen molar-refractivity contribution < 1.29 is 9.53 Å². The molecule has 1 aromatic heterocycles. The third-order valence-corrected chi connectivity index (χ3v) is 5.24. The average Bonchev–Trinajstić information content (AvgIpc) is 3.25. The van der Waals surface area contributed by atoms with Gasteiger partial charge in [-0.25, -0.2) is 9.78 Å². The van der Waals surface area contributed by atoms with E-state index in [1.807, 2.05) is 67.1 Å². The van der Waals surface area contributed by atoms with Crippen LogP contribution in [0.3, 0.4) is 0 Å². The van der Waals surface area contributed by atoms with Gasteiger partial charge in [0.05, 0.1) is 19.5 Å². The highest BCUT2D eigenvalue weighted by Gasteiger charge is 2.17. The van der Waals surface area contributed by atoms with E-state index in [-0.39, 0.29) is 6.03 Å². The summed E-state index contributed by atoms with van der Waals surface area (Å²) in [4.78, 5) is 19.0. The Labute approximate surface area is 182 Å². The van der Waals surface area contributed by atoms with Crippen LogP contribution in [-0.2, 0) is 13.1 Å². The van der Waals surface area contributed by atoms with E-state index in [9.17, 15) is 4.79 Å². The lowest BCUT2D eigenvalue weighted by molar-refractivity contribution is 0.206. The number of amides is 2. The van der Waals surface area contributed by atoms with Gasteiger partial charge in [-0.15, -0.1) is 0 Å². The maximum atomic E-state index is 13.2. The third kappa shape index (κ3) is 5.76. The first-order valence-corrected chi connectivity index (χ1v) is 10.4. The van der Waals surface area contributed by atoms with Crippen LogP contribution in [0.15, 0.2) is 61.2 Å². The van der Waals surface area contributed by atoms with Crippen LogP contribution in [0, 0.1) is 6.92 Å². The molecule has 0 aliphatic rings. The minimum absolute atomic E-state index is 0.169. The fraction of sp³-hybridized carbons (Fsp3) is 0.304. The van der Waals surface area contributed by atoms with E-state index in [2.05, 4.69) is 10.3 Å². The molecular weight excluding hydrogens is 400 g/mol. The number of aromatic nitrogens is 2. The summed E-state index contributed by atoms with van der Waals surface area (Å²) in [5, 5.41) is 3.64. The zero-order chi connectivity index (χ0) is 21.3. The Morgan fingerprint density at radius 3 is 2.83 bits per heavy atom. The number of nitrogens with zero attached hydrogens (tertiary/aromatic N) is 3. The number of urea groups is 1. The molecule has 158 valence electrons. The molecule has 2 amide bonds. The van der Waals surface area contributed by atoms with Gasteiger partial charge >= 0.3 is 6.03 Å². The number of hydrogen-bond donors (Lipinski definition) is 1. The molecule has 0 saturated carbocycles. The lowest BCUT2D eigenvalue weighted by Crippen LogP contribution is -2.36. The van der Waals surface area contributed by atoms with E-state index in [1.165, 1.54) is 0 Å². The van der Waals surface area contributed by atoms with Gasteiger partial charge in [-0.2, -0.15) is 0 Å². The molecule has 0 radical (unpaired) electrons. The number of aryl methyl sites for hydroxylation is 1. The number of para-hydroxylation sites is 1. The molecule has 0 aliphatic carbocycles. The summed E-state index contributed by atoms with van der Waals surface area (Å²) in [5.41, 5.74) is 2.53. The van der Waals surface area contributed by atoms with Crippen LogP contribution >= 0.6 is 11.6 Å². The number of ether oxygens (including phenoxy) is 1. The predicted molar refractivity (Wildman–Crippen MR) is 120 cm³/mol. The van der Waals surface area contributed by atoms with Crippen molar-refractivity contribution in [3.8, 4) is 5.75 Å². The van der Waals surface area contributed by atoms with Crippen LogP contribution in [0.2, 0.25) is 5.02 Å². The molecule has 0 aliphatic heterocycles. The molecule has 0 unspecified atom stereocenters. The van der Waals surface area contributed by atoms with Crippen molar-refractivity contribution in [2.24, 2.45) is 0 Å². The van der Waals surface area contributed by atoms with Crippen LogP contribution in [-0.4, -0.2) is 33.6 Å². The van der Waals surface area contributed by atoms with Crippen molar-refractivity contribution in [1.82, 2.24) is 14.5 Å². The number of halogens is 1. The molecule has 6 nitrogen and oxygen atoms in total. The van der Waals surface area contributed by atoms with Gasteiger partial charge in [0.1, 0.15) is 5.75 Å². The fourth-order valence-electron chi connectivity index (χ4n) is 3.19. The summed E-state index contributed by atoms with van der Waals surface area (Å²) in [6, 6.07) is 13.2. The maximum absolute atomic E-state index is 13.2. The molecule has 3 rings (SSSR count). The lowest BCUT2D eigenvalue weighted by Gasteiger charge is -2.25. The average molecular weight is 427 g/mol. The van der Waals surface area contributed by atoms with E-state index < -0.39 is 0 Å². The van der Waals surface area contributed by atoms with Crippen LogP contribution < -0.4 is 10.1 Å². The Bertz CT molecular complexity index is 960. The second kappa shape index (κ2) is 10.7. The van der Waals surface area contributed by atoms with Crippen molar-refractivity contribution in [1.29, 1.82) is 0 Å². The van der Waals surface area contributed by atoms with Crippen LogP contribution in [0.25, 0.3) is 0 Å². The van der Waals surface area contributed by atoms with E-state index in [0.29, 0.717) is 30.4 Å². The number of rotatable bonds is 9. The second-order valence-electron chi connectivity index (χ2n) is 6.96. The van der Waals surface area contributed by atoms with Gasteiger partial charge in [-0.1, -0.05) is 35.9 Å². The SMILES string of the molecule is CCOc1ccccc1CN(CCCn1ccnc1)C(=O)Nc1cccc(Cl)c1C. The van der Waals surface area contributed by atoms with Crippen LogP contribution in [0.5, 0.6) is 5.75 Å². The summed E-state index contributed by atoms with van der Waals surface area (Å²) in [5.74, 6) is 0.798. The molecule has 0 spiro atoms. The van der Waals surface area contributed by atoms with Gasteiger partial charge in [0, 0.05) is 41.8 Å². The van der Waals surface area contributed by atoms with Crippen molar-refractivity contribution in [2.75, 3.05) is 18.5 Å². The Hall–Kier alpha value is -2.99. The molecule has 2 aromatic carbocycles. The van der Waals surface area contributed by atoms with Gasteiger partial charge in [0.15, 0.2) is 0 Å². The smallest absolute Gasteiger partial charge is 0.322 e. The molecule has 1 N–H and O–H groups in total. The molecule has 0 saturated heterocycles. The van der Waals surface area contributed by atoms with Crippen LogP contribution in [0.4, 0.5) is 10.5 Å². The highest BCUT2D eigenvalue weighted by molar-refractivity contribution is 6.31. The monoisotopic (exact) mass is 426 g/mol. The van der Waals surface area contributed by atoms with Crippen molar-refractivity contribution in [3.05, 3.63) is 77.3 Å². The summed E-state index contributed by atoms with van der Waals surface area (Å²) in [7, 11) is 0. The van der Waals surface area contributed by atoms with Gasteiger partial charge in [0.25, 0.3) is 0 Å². The van der Waals surface area contributed by atoms with Gasteiger partial charge < -0.3 is 19.5 Å². The Balaban J connectivity index is 1.75. The van der Waals surface area contributed by atoms with Gasteiger partial charge in [-0.05, 0) is 44.0 Å². The number of carbonyl (C=O) groups is 1. The van der Waals surface area contributed by atoms with Crippen molar-refractivity contribution in [3.63, 3.8) is 0 Å². The quantitative estimate of drug-likeness (QED) is 0.500. The molecular formula is C23H27ClN4O2. The van der Waals surface area contributed by atoms with E-state index in [0.717, 1.165) is 29.8 Å². The summed E-state index contributed by atoms with van der Waals surface area (Å²) in [6.45, 7) is 6.24. The predicted octanol–water partition coefficient (Wildman–Crippen LogP) is 5.37. The third-order valence-electron chi connectivity index (χ3n) is 4.83. The number of carbonyl (C=O) groups excluding carboxylic acids is 1. The topological polar surface area (TPSA) is 59.4 Å². The summed E-state index contributed by atoms with van der Waals surface area (Å²) < 4.78 is 7.75. The zero-order valence-corrected chi connectivity index (χ0v) is 18.1. The zero-order valence-electron chi connectivity index (χ0n) is 17.3. The van der Waals surface area contributed by atoms with E-state index >= 15 is 0 Å². The molecule has 7 heteroatoms. The van der Waals surface area contributed by atoms with Gasteiger partial charge in [0.2, 0.25) is 0 Å². The number of nitrogens with one attached hydrogen (secondary N) is 1. The second-order valence-corrected chi connectivity index (χ2v) is 7.37. The number of imidazole rings is 1. The largest absolute Gasteiger partial charge is 0.494 e. The Morgan fingerprint density at radius 1 is 1.23 bits per heavy atom. The molecule has 3 aromatic rings. The minimum atomic E-state index is -0.169. The minimum Gasteiger partial charge on any atom is -0.494 e. The van der Waals surface area contributed by atoms with Crippen LogP contribution in [0.1, 0.15) is 24.5 Å². The molecule has 0 bridgehead atoms. The summed E-state index contributed by atoms with van der Waals surface area (Å²) >= 11 is 6.21. The van der Waals surface area contributed by atoms with E-state index in [1.54, 1.807) is 17.4 Å². The number of benzene rings is 2. The lowest BCUT2D eigenvalue weighted by atomic mass is 10.1. The Morgan fingerprint density at radius 2 is 2.07 bits per heavy atom. The molecule has 30 heavy (non-hydrogen) atoms. The molecule has 0 fully saturated rings. The van der Waals surface area contributed by atoms with Crippen molar-refractivity contribution in [2.45, 2.75) is 33.4 Å². The van der Waals surface area contributed by atoms with Gasteiger partial charge in [-0.3, -0.25) is 0 Å².